The zero-order valence-corrected chi connectivity index (χ0v) is 19.6. The number of nitrogens with zero attached hydrogens (tertiary/aromatic N) is 1. The molecule has 0 amide bonds. The third kappa shape index (κ3) is 4.84. The van der Waals surface area contributed by atoms with E-state index in [4.69, 9.17) is 9.02 Å². The van der Waals surface area contributed by atoms with Gasteiger partial charge in [-0.15, -0.1) is 0 Å². The summed E-state index contributed by atoms with van der Waals surface area (Å²) in [5.41, 5.74) is 1.58. The van der Waals surface area contributed by atoms with Gasteiger partial charge in [-0.3, -0.25) is 9.08 Å². The van der Waals surface area contributed by atoms with Crippen LogP contribution in [0.5, 0.6) is 5.75 Å². The Bertz CT molecular complexity index is 1460. The molecule has 34 heavy (non-hydrogen) atoms. The summed E-state index contributed by atoms with van der Waals surface area (Å²) in [6.07, 6.45) is 0. The van der Waals surface area contributed by atoms with Crippen molar-refractivity contribution in [1.82, 2.24) is 0 Å². The van der Waals surface area contributed by atoms with Crippen molar-refractivity contribution in [3.05, 3.63) is 108 Å². The van der Waals surface area contributed by atoms with Gasteiger partial charge >= 0.3 is 10.1 Å². The molecule has 0 saturated carbocycles. The Morgan fingerprint density at radius 2 is 1.47 bits per heavy atom. The number of hydrogen-bond donors (Lipinski definition) is 0. The molecule has 4 rings (SSSR count). The summed E-state index contributed by atoms with van der Waals surface area (Å²) < 4.78 is 36.1. The Hall–Kier alpha value is -3.97. The van der Waals surface area contributed by atoms with Gasteiger partial charge < -0.3 is 4.74 Å². The number of fused-ring (bicyclic) bond motifs is 1. The van der Waals surface area contributed by atoms with E-state index < -0.39 is 15.9 Å². The van der Waals surface area contributed by atoms with E-state index in [2.05, 4.69) is 5.16 Å². The van der Waals surface area contributed by atoms with Crippen LogP contribution in [0.25, 0.3) is 10.8 Å². The maximum Gasteiger partial charge on any atom is 0.358 e. The lowest BCUT2D eigenvalue weighted by Gasteiger charge is -2.12. The van der Waals surface area contributed by atoms with Crippen LogP contribution in [-0.4, -0.2) is 26.5 Å². The highest BCUT2D eigenvalue weighted by atomic mass is 32.2. The Labute approximate surface area is 198 Å². The summed E-state index contributed by atoms with van der Waals surface area (Å²) in [7, 11) is -4.21. The van der Waals surface area contributed by atoms with Crippen molar-refractivity contribution in [2.24, 2.45) is 5.16 Å². The second-order valence-electron chi connectivity index (χ2n) is 7.57. The fourth-order valence-corrected chi connectivity index (χ4v) is 4.26. The molecular weight excluding hydrogens is 450 g/mol. The lowest BCUT2D eigenvalue weighted by molar-refractivity contribution is 0.106. The number of carbonyl (C=O) groups is 1. The quantitative estimate of drug-likeness (QED) is 0.191. The molecule has 0 aliphatic heterocycles. The molecule has 0 fully saturated rings. The Kier molecular flexibility index (Phi) is 6.75. The predicted molar refractivity (Wildman–Crippen MR) is 132 cm³/mol. The highest BCUT2D eigenvalue weighted by Crippen LogP contribution is 2.29. The van der Waals surface area contributed by atoms with E-state index >= 15 is 0 Å². The second-order valence-corrected chi connectivity index (χ2v) is 9.10. The number of rotatable bonds is 8. The van der Waals surface area contributed by atoms with E-state index in [0.29, 0.717) is 28.9 Å². The average Bonchev–Trinajstić information content (AvgIpc) is 2.85. The number of oxime groups is 1. The van der Waals surface area contributed by atoms with Gasteiger partial charge in [0.2, 0.25) is 5.78 Å². The van der Waals surface area contributed by atoms with Crippen LogP contribution in [0.2, 0.25) is 0 Å². The van der Waals surface area contributed by atoms with E-state index in [-0.39, 0.29) is 10.6 Å². The minimum atomic E-state index is -4.21. The first-order chi connectivity index (χ1) is 16.4. The first kappa shape index (κ1) is 23.2. The molecule has 6 nitrogen and oxygen atoms in total. The molecule has 0 N–H and O–H groups in total. The SMILES string of the molecule is CCOc1ccc(C(=O)/C(=N/OS(=O)(=O)c2ccc(C)cc2)c2ccccc2)c2ccccc12. The summed E-state index contributed by atoms with van der Waals surface area (Å²) in [6, 6.07) is 25.6. The van der Waals surface area contributed by atoms with Gasteiger partial charge in [-0.2, -0.15) is 8.42 Å². The molecule has 4 aromatic carbocycles. The van der Waals surface area contributed by atoms with Gasteiger partial charge in [-0.25, -0.2) is 0 Å². The lowest BCUT2D eigenvalue weighted by Crippen LogP contribution is -2.18. The standard InChI is InChI=1S/C27H23NO5S/c1-3-32-25-18-17-24(22-11-7-8-12-23(22)25)27(29)26(20-9-5-4-6-10-20)28-33-34(30,31)21-15-13-19(2)14-16-21/h4-18H,3H2,1-2H3/b28-26+. The van der Waals surface area contributed by atoms with Gasteiger partial charge in [0.05, 0.1) is 6.61 Å². The zero-order chi connectivity index (χ0) is 24.1. The van der Waals surface area contributed by atoms with Crippen LogP contribution in [-0.2, 0) is 14.4 Å². The topological polar surface area (TPSA) is 82.0 Å². The van der Waals surface area contributed by atoms with E-state index in [9.17, 15) is 13.2 Å². The minimum Gasteiger partial charge on any atom is -0.493 e. The van der Waals surface area contributed by atoms with Crippen molar-refractivity contribution in [3.8, 4) is 5.75 Å². The third-order valence-corrected chi connectivity index (χ3v) is 6.35. The molecule has 0 aromatic heterocycles. The van der Waals surface area contributed by atoms with Crippen LogP contribution >= 0.6 is 0 Å². The number of ether oxygens (including phenoxy) is 1. The fraction of sp³-hybridized carbons (Fsp3) is 0.111. The summed E-state index contributed by atoms with van der Waals surface area (Å²) in [5.74, 6) is 0.190. The maximum absolute atomic E-state index is 13.7. The molecule has 0 heterocycles. The van der Waals surface area contributed by atoms with Crippen LogP contribution < -0.4 is 4.74 Å². The predicted octanol–water partition coefficient (Wildman–Crippen LogP) is 5.54. The van der Waals surface area contributed by atoms with Crippen molar-refractivity contribution in [1.29, 1.82) is 0 Å². The van der Waals surface area contributed by atoms with Crippen molar-refractivity contribution in [2.75, 3.05) is 6.61 Å². The summed E-state index contributed by atoms with van der Waals surface area (Å²) in [6.45, 7) is 4.22. The maximum atomic E-state index is 13.7. The molecule has 172 valence electrons. The first-order valence-electron chi connectivity index (χ1n) is 10.7. The lowest BCUT2D eigenvalue weighted by atomic mass is 9.95. The Morgan fingerprint density at radius 3 is 2.15 bits per heavy atom. The van der Waals surface area contributed by atoms with Crippen LogP contribution in [0.4, 0.5) is 0 Å². The van der Waals surface area contributed by atoms with Gasteiger partial charge in [0, 0.05) is 16.5 Å². The van der Waals surface area contributed by atoms with Crippen molar-refractivity contribution >= 4 is 32.4 Å². The minimum absolute atomic E-state index is 0.0479. The number of hydrogen-bond acceptors (Lipinski definition) is 6. The van der Waals surface area contributed by atoms with Gasteiger partial charge in [0.15, 0.2) is 5.71 Å². The van der Waals surface area contributed by atoms with Crippen molar-refractivity contribution < 1.29 is 22.2 Å². The van der Waals surface area contributed by atoms with Gasteiger partial charge in [0.1, 0.15) is 10.6 Å². The summed E-state index contributed by atoms with van der Waals surface area (Å²) >= 11 is 0. The number of benzene rings is 4. The molecule has 4 aromatic rings. The zero-order valence-electron chi connectivity index (χ0n) is 18.8. The molecule has 0 unspecified atom stereocenters. The number of carbonyl (C=O) groups excluding carboxylic acids is 1. The Morgan fingerprint density at radius 1 is 0.824 bits per heavy atom. The van der Waals surface area contributed by atoms with Crippen molar-refractivity contribution in [3.63, 3.8) is 0 Å². The monoisotopic (exact) mass is 473 g/mol. The second kappa shape index (κ2) is 9.89. The third-order valence-electron chi connectivity index (χ3n) is 5.23. The largest absolute Gasteiger partial charge is 0.493 e. The van der Waals surface area contributed by atoms with E-state index in [1.54, 1.807) is 54.6 Å². The smallest absolute Gasteiger partial charge is 0.358 e. The van der Waals surface area contributed by atoms with Crippen LogP contribution in [0.3, 0.4) is 0 Å². The molecule has 0 saturated heterocycles. The molecule has 7 heteroatoms. The summed E-state index contributed by atoms with van der Waals surface area (Å²) in [5, 5.41) is 5.30. The van der Waals surface area contributed by atoms with Crippen LogP contribution in [0.1, 0.15) is 28.4 Å². The van der Waals surface area contributed by atoms with Crippen LogP contribution in [0.15, 0.2) is 101 Å². The normalized spacial score (nSPS) is 11.9. The number of aryl methyl sites for hydroxylation is 1. The highest BCUT2D eigenvalue weighted by Gasteiger charge is 2.23. The molecule has 0 radical (unpaired) electrons. The molecule has 0 bridgehead atoms. The molecule has 0 aliphatic rings. The summed E-state index contributed by atoms with van der Waals surface area (Å²) in [4.78, 5) is 13.6. The first-order valence-corrected chi connectivity index (χ1v) is 12.1. The highest BCUT2D eigenvalue weighted by molar-refractivity contribution is 7.86. The van der Waals surface area contributed by atoms with E-state index in [0.717, 1.165) is 10.9 Å². The molecule has 0 aliphatic carbocycles. The number of ketones is 1. The van der Waals surface area contributed by atoms with Crippen molar-refractivity contribution in [2.45, 2.75) is 18.7 Å². The van der Waals surface area contributed by atoms with Gasteiger partial charge in [-0.1, -0.05) is 77.4 Å². The molecular formula is C27H23NO5S. The van der Waals surface area contributed by atoms with Gasteiger partial charge in [0.25, 0.3) is 0 Å². The van der Waals surface area contributed by atoms with E-state index in [1.165, 1.54) is 12.1 Å². The molecule has 0 spiro atoms. The van der Waals surface area contributed by atoms with Gasteiger partial charge in [-0.05, 0) is 43.5 Å². The number of Topliss-reactive ketones (excluding diaryl/α,β-unsaturated/α-hetero) is 1. The Balaban J connectivity index is 1.79. The molecule has 0 atom stereocenters. The average molecular weight is 474 g/mol. The van der Waals surface area contributed by atoms with E-state index in [1.807, 2.05) is 38.1 Å². The van der Waals surface area contributed by atoms with Crippen LogP contribution in [0, 0.1) is 6.92 Å². The fourth-order valence-electron chi connectivity index (χ4n) is 3.53.